The fraction of sp³-hybridized carbons (Fsp3) is 0.286. The first-order chi connectivity index (χ1) is 9.15. The summed E-state index contributed by atoms with van der Waals surface area (Å²) in [6.07, 6.45) is 3.13. The molecule has 2 heterocycles. The Kier molecular flexibility index (Phi) is 2.81. The van der Waals surface area contributed by atoms with E-state index in [1.807, 2.05) is 4.57 Å². The maximum atomic E-state index is 12.9. The quantitative estimate of drug-likeness (QED) is 0.901. The highest BCUT2D eigenvalue weighted by Gasteiger charge is 2.26. The topological polar surface area (TPSA) is 55.1 Å². The van der Waals surface area contributed by atoms with Crippen molar-refractivity contribution in [2.45, 2.75) is 19.4 Å². The Morgan fingerprint density at radius 2 is 2.11 bits per heavy atom. The number of hydrogen-bond donors (Lipinski definition) is 1. The Morgan fingerprint density at radius 3 is 2.79 bits per heavy atom. The molecule has 2 aromatic rings. The lowest BCUT2D eigenvalue weighted by atomic mass is 9.98. The molecule has 1 N–H and O–H groups in total. The third kappa shape index (κ3) is 2.12. The van der Waals surface area contributed by atoms with E-state index in [1.165, 1.54) is 12.1 Å². The fourth-order valence-electron chi connectivity index (χ4n) is 2.48. The van der Waals surface area contributed by atoms with Crippen molar-refractivity contribution in [3.8, 4) is 11.4 Å². The standard InChI is InChI=1S/C14H13FN2O2/c15-11-4-1-9(2-5-11)13-16-7-12-6-3-10(14(18)19)8-17(12)13/h1-2,4-5,7,10H,3,6,8H2,(H,18,19). The molecule has 0 saturated carbocycles. The maximum Gasteiger partial charge on any atom is 0.308 e. The van der Waals surface area contributed by atoms with E-state index in [4.69, 9.17) is 5.11 Å². The van der Waals surface area contributed by atoms with E-state index < -0.39 is 5.97 Å². The molecule has 1 unspecified atom stereocenters. The number of carboxylic acid groups (broad SMARTS) is 1. The normalized spacial score (nSPS) is 18.1. The van der Waals surface area contributed by atoms with Crippen molar-refractivity contribution < 1.29 is 14.3 Å². The van der Waals surface area contributed by atoms with Crippen LogP contribution in [0, 0.1) is 11.7 Å². The molecular weight excluding hydrogens is 247 g/mol. The van der Waals surface area contributed by atoms with Gasteiger partial charge in [0.05, 0.1) is 5.92 Å². The molecule has 5 heteroatoms. The molecule has 3 rings (SSSR count). The van der Waals surface area contributed by atoms with E-state index in [1.54, 1.807) is 18.3 Å². The van der Waals surface area contributed by atoms with Crippen molar-refractivity contribution in [1.29, 1.82) is 0 Å². The maximum absolute atomic E-state index is 12.9. The first-order valence-electron chi connectivity index (χ1n) is 6.18. The Labute approximate surface area is 109 Å². The van der Waals surface area contributed by atoms with Gasteiger partial charge in [-0.1, -0.05) is 0 Å². The molecule has 0 bridgehead atoms. The molecule has 98 valence electrons. The highest BCUT2D eigenvalue weighted by atomic mass is 19.1. The summed E-state index contributed by atoms with van der Waals surface area (Å²) < 4.78 is 14.9. The number of imidazole rings is 1. The highest BCUT2D eigenvalue weighted by Crippen LogP contribution is 2.27. The molecule has 1 atom stereocenters. The Bertz CT molecular complexity index is 619. The minimum absolute atomic E-state index is 0.294. The summed E-state index contributed by atoms with van der Waals surface area (Å²) >= 11 is 0. The van der Waals surface area contributed by atoms with E-state index in [-0.39, 0.29) is 11.7 Å². The van der Waals surface area contributed by atoms with E-state index in [2.05, 4.69) is 4.98 Å². The van der Waals surface area contributed by atoms with Gasteiger partial charge in [-0.25, -0.2) is 9.37 Å². The van der Waals surface area contributed by atoms with E-state index >= 15 is 0 Å². The van der Waals surface area contributed by atoms with Gasteiger partial charge in [0.1, 0.15) is 11.6 Å². The average Bonchev–Trinajstić information content (AvgIpc) is 2.82. The number of rotatable bonds is 2. The number of carboxylic acids is 1. The van der Waals surface area contributed by atoms with Gasteiger partial charge in [0.25, 0.3) is 0 Å². The Morgan fingerprint density at radius 1 is 1.37 bits per heavy atom. The summed E-state index contributed by atoms with van der Waals surface area (Å²) in [6.45, 7) is 0.428. The van der Waals surface area contributed by atoms with Crippen molar-refractivity contribution in [1.82, 2.24) is 9.55 Å². The van der Waals surface area contributed by atoms with Crippen LogP contribution in [0.2, 0.25) is 0 Å². The smallest absolute Gasteiger partial charge is 0.308 e. The zero-order valence-corrected chi connectivity index (χ0v) is 10.2. The number of hydrogen-bond acceptors (Lipinski definition) is 2. The molecule has 0 spiro atoms. The monoisotopic (exact) mass is 260 g/mol. The zero-order chi connectivity index (χ0) is 13.4. The molecular formula is C14H13FN2O2. The summed E-state index contributed by atoms with van der Waals surface area (Å²) in [4.78, 5) is 15.4. The molecule has 0 saturated heterocycles. The Balaban J connectivity index is 1.99. The van der Waals surface area contributed by atoms with Crippen molar-refractivity contribution >= 4 is 5.97 Å². The molecule has 0 amide bonds. The lowest BCUT2D eigenvalue weighted by Gasteiger charge is -2.22. The molecule has 1 aromatic carbocycles. The van der Waals surface area contributed by atoms with Crippen LogP contribution >= 0.6 is 0 Å². The predicted octanol–water partition coefficient (Wildman–Crippen LogP) is 2.34. The fourth-order valence-corrected chi connectivity index (χ4v) is 2.48. The number of carbonyl (C=O) groups is 1. The summed E-state index contributed by atoms with van der Waals surface area (Å²) in [6, 6.07) is 6.09. The highest BCUT2D eigenvalue weighted by molar-refractivity contribution is 5.70. The lowest BCUT2D eigenvalue weighted by Crippen LogP contribution is -2.26. The van der Waals surface area contributed by atoms with Crippen LogP contribution in [0.5, 0.6) is 0 Å². The van der Waals surface area contributed by atoms with Crippen LogP contribution in [0.15, 0.2) is 30.5 Å². The summed E-state index contributed by atoms with van der Waals surface area (Å²) in [5.74, 6) is -0.733. The van der Waals surface area contributed by atoms with Crippen LogP contribution < -0.4 is 0 Å². The van der Waals surface area contributed by atoms with Crippen LogP contribution in [0.3, 0.4) is 0 Å². The number of aliphatic carboxylic acids is 1. The molecule has 0 fully saturated rings. The molecule has 0 radical (unpaired) electrons. The third-order valence-corrected chi connectivity index (χ3v) is 3.54. The first-order valence-corrected chi connectivity index (χ1v) is 6.18. The van der Waals surface area contributed by atoms with Crippen molar-refractivity contribution in [3.63, 3.8) is 0 Å². The van der Waals surface area contributed by atoms with Crippen LogP contribution in [-0.2, 0) is 17.8 Å². The molecule has 4 nitrogen and oxygen atoms in total. The largest absolute Gasteiger partial charge is 0.481 e. The molecule has 1 aliphatic rings. The summed E-state index contributed by atoms with van der Waals surface area (Å²) in [5, 5.41) is 9.12. The summed E-state index contributed by atoms with van der Waals surface area (Å²) in [5.41, 5.74) is 1.84. The van der Waals surface area contributed by atoms with Gasteiger partial charge in [-0.2, -0.15) is 0 Å². The number of halogens is 1. The van der Waals surface area contributed by atoms with Gasteiger partial charge in [0, 0.05) is 24.0 Å². The van der Waals surface area contributed by atoms with Crippen molar-refractivity contribution in [2.24, 2.45) is 5.92 Å². The number of aromatic nitrogens is 2. The van der Waals surface area contributed by atoms with Gasteiger partial charge >= 0.3 is 5.97 Å². The minimum atomic E-state index is -0.774. The number of nitrogens with zero attached hydrogens (tertiary/aromatic N) is 2. The second kappa shape index (κ2) is 4.50. The second-order valence-corrected chi connectivity index (χ2v) is 4.76. The van der Waals surface area contributed by atoms with Gasteiger partial charge < -0.3 is 9.67 Å². The van der Waals surface area contributed by atoms with Crippen LogP contribution in [0.1, 0.15) is 12.1 Å². The number of benzene rings is 1. The Hall–Kier alpha value is -2.17. The molecule has 1 aromatic heterocycles. The average molecular weight is 260 g/mol. The van der Waals surface area contributed by atoms with Crippen LogP contribution in [0.4, 0.5) is 4.39 Å². The second-order valence-electron chi connectivity index (χ2n) is 4.76. The number of aryl methyl sites for hydroxylation is 1. The predicted molar refractivity (Wildman–Crippen MR) is 67.1 cm³/mol. The van der Waals surface area contributed by atoms with E-state index in [9.17, 15) is 9.18 Å². The van der Waals surface area contributed by atoms with Gasteiger partial charge in [-0.05, 0) is 37.1 Å². The van der Waals surface area contributed by atoms with Crippen molar-refractivity contribution in [3.05, 3.63) is 42.0 Å². The number of fused-ring (bicyclic) bond motifs is 1. The van der Waals surface area contributed by atoms with Crippen LogP contribution in [-0.4, -0.2) is 20.6 Å². The summed E-state index contributed by atoms with van der Waals surface area (Å²) in [7, 11) is 0. The van der Waals surface area contributed by atoms with Crippen molar-refractivity contribution in [2.75, 3.05) is 0 Å². The van der Waals surface area contributed by atoms with Gasteiger partial charge in [-0.15, -0.1) is 0 Å². The first kappa shape index (κ1) is 11.9. The molecule has 0 aliphatic carbocycles. The van der Waals surface area contributed by atoms with E-state index in [0.717, 1.165) is 11.3 Å². The minimum Gasteiger partial charge on any atom is -0.481 e. The SMILES string of the molecule is O=C(O)C1CCc2cnc(-c3ccc(F)cc3)n2C1. The van der Waals surface area contributed by atoms with Gasteiger partial charge in [0.2, 0.25) is 0 Å². The molecule has 1 aliphatic heterocycles. The molecule has 19 heavy (non-hydrogen) atoms. The third-order valence-electron chi connectivity index (χ3n) is 3.54. The zero-order valence-electron chi connectivity index (χ0n) is 10.2. The van der Waals surface area contributed by atoms with Gasteiger partial charge in [-0.3, -0.25) is 4.79 Å². The van der Waals surface area contributed by atoms with Gasteiger partial charge in [0.15, 0.2) is 0 Å². The van der Waals surface area contributed by atoms with Crippen LogP contribution in [0.25, 0.3) is 11.4 Å². The van der Waals surface area contributed by atoms with E-state index in [0.29, 0.717) is 25.2 Å². The lowest BCUT2D eigenvalue weighted by molar-refractivity contribution is -0.142.